The van der Waals surface area contributed by atoms with Crippen LogP contribution in [0, 0.1) is 5.92 Å². The highest BCUT2D eigenvalue weighted by Gasteiger charge is 2.54. The van der Waals surface area contributed by atoms with Gasteiger partial charge in [0.05, 0.1) is 12.2 Å². The molecule has 3 fully saturated rings. The smallest absolute Gasteiger partial charge is 0.353 e. The number of benzene rings is 1. The molecule has 164 valence electrons. The number of halogens is 3. The number of nitrogens with zero attached hydrogens (tertiary/aromatic N) is 2. The summed E-state index contributed by atoms with van der Waals surface area (Å²) in [5, 5.41) is 0. The molecule has 2 aliphatic heterocycles. The first-order valence-corrected chi connectivity index (χ1v) is 10.6. The molecule has 0 bridgehead atoms. The van der Waals surface area contributed by atoms with Crippen LogP contribution in [0.5, 0.6) is 0 Å². The van der Waals surface area contributed by atoms with Crippen LogP contribution in [0.25, 0.3) is 0 Å². The van der Waals surface area contributed by atoms with Crippen molar-refractivity contribution in [3.8, 4) is 0 Å². The minimum absolute atomic E-state index is 0.122. The lowest BCUT2D eigenvalue weighted by molar-refractivity contribution is -0.137. The number of hydrogen-bond acceptors (Lipinski definition) is 3. The maximum atomic E-state index is 13.5. The number of carbonyl (C=O) groups excluding carboxylic acids is 2. The molecule has 3 aliphatic rings. The van der Waals surface area contributed by atoms with Gasteiger partial charge >= 0.3 is 6.18 Å². The standard InChI is InChI=1S/C22H27F3N2O3/c1-15-8-10-21(11-9-15)27(18(14-30-21)20(29)26-12-2-3-13-26)19(28)16-4-6-17(7-5-16)22(23,24)25/h4-7,15,18H,2-3,8-14H2,1H3/t15?,18-,21?/m1/s1. The van der Waals surface area contributed by atoms with Gasteiger partial charge in [-0.15, -0.1) is 0 Å². The summed E-state index contributed by atoms with van der Waals surface area (Å²) in [4.78, 5) is 30.0. The predicted molar refractivity (Wildman–Crippen MR) is 104 cm³/mol. The lowest BCUT2D eigenvalue weighted by atomic mass is 9.83. The van der Waals surface area contributed by atoms with Gasteiger partial charge in [0.2, 0.25) is 5.91 Å². The van der Waals surface area contributed by atoms with Gasteiger partial charge in [0.25, 0.3) is 5.91 Å². The molecule has 0 aromatic heterocycles. The third kappa shape index (κ3) is 3.82. The van der Waals surface area contributed by atoms with Crippen LogP contribution in [0.1, 0.15) is 61.4 Å². The van der Waals surface area contributed by atoms with E-state index in [1.54, 1.807) is 9.80 Å². The molecule has 1 aromatic carbocycles. The summed E-state index contributed by atoms with van der Waals surface area (Å²) >= 11 is 0. The molecule has 0 unspecified atom stereocenters. The van der Waals surface area contributed by atoms with Gasteiger partial charge in [0.1, 0.15) is 11.8 Å². The Morgan fingerprint density at radius 2 is 1.67 bits per heavy atom. The molecule has 0 N–H and O–H groups in total. The van der Waals surface area contributed by atoms with Gasteiger partial charge in [-0.3, -0.25) is 14.5 Å². The first kappa shape index (κ1) is 21.2. The Morgan fingerprint density at radius 1 is 1.07 bits per heavy atom. The zero-order chi connectivity index (χ0) is 21.5. The second kappa shape index (κ2) is 7.87. The van der Waals surface area contributed by atoms with E-state index >= 15 is 0 Å². The molecule has 5 nitrogen and oxygen atoms in total. The van der Waals surface area contributed by atoms with E-state index in [1.165, 1.54) is 12.1 Å². The zero-order valence-electron chi connectivity index (χ0n) is 17.1. The van der Waals surface area contributed by atoms with Crippen molar-refractivity contribution in [2.75, 3.05) is 19.7 Å². The van der Waals surface area contributed by atoms with E-state index in [1.807, 2.05) is 0 Å². The molecule has 0 radical (unpaired) electrons. The second-order valence-electron chi connectivity index (χ2n) is 8.74. The molecule has 1 aliphatic carbocycles. The maximum absolute atomic E-state index is 13.5. The van der Waals surface area contributed by atoms with Crippen LogP contribution in [0.2, 0.25) is 0 Å². The largest absolute Gasteiger partial charge is 0.416 e. The summed E-state index contributed by atoms with van der Waals surface area (Å²) in [6.07, 6.45) is 0.425. The normalized spacial score (nSPS) is 29.6. The molecule has 2 saturated heterocycles. The summed E-state index contributed by atoms with van der Waals surface area (Å²) < 4.78 is 44.9. The molecule has 2 heterocycles. The zero-order valence-corrected chi connectivity index (χ0v) is 17.1. The lowest BCUT2D eigenvalue weighted by Gasteiger charge is -2.43. The number of amides is 2. The summed E-state index contributed by atoms with van der Waals surface area (Å²) in [7, 11) is 0. The molecule has 8 heteroatoms. The number of hydrogen-bond donors (Lipinski definition) is 0. The number of ether oxygens (including phenoxy) is 1. The Balaban J connectivity index is 1.64. The average molecular weight is 424 g/mol. The van der Waals surface area contributed by atoms with E-state index in [2.05, 4.69) is 6.92 Å². The Labute approximate surface area is 174 Å². The summed E-state index contributed by atoms with van der Waals surface area (Å²) in [5.41, 5.74) is -1.51. The number of likely N-dealkylation sites (tertiary alicyclic amines) is 1. The summed E-state index contributed by atoms with van der Waals surface area (Å²) in [5.74, 6) is -0.0489. The topological polar surface area (TPSA) is 49.9 Å². The fourth-order valence-electron chi connectivity index (χ4n) is 4.86. The van der Waals surface area contributed by atoms with Crippen molar-refractivity contribution in [2.45, 2.75) is 63.4 Å². The van der Waals surface area contributed by atoms with Crippen LogP contribution >= 0.6 is 0 Å². The fourth-order valence-corrected chi connectivity index (χ4v) is 4.86. The molecule has 1 atom stereocenters. The molecule has 30 heavy (non-hydrogen) atoms. The number of rotatable bonds is 2. The van der Waals surface area contributed by atoms with E-state index in [0.717, 1.165) is 37.8 Å². The van der Waals surface area contributed by atoms with Crippen LogP contribution < -0.4 is 0 Å². The van der Waals surface area contributed by atoms with Gasteiger partial charge in [-0.2, -0.15) is 13.2 Å². The molecular weight excluding hydrogens is 397 g/mol. The highest BCUT2D eigenvalue weighted by atomic mass is 19.4. The predicted octanol–water partition coefficient (Wildman–Crippen LogP) is 4.08. The van der Waals surface area contributed by atoms with E-state index in [-0.39, 0.29) is 18.1 Å². The second-order valence-corrected chi connectivity index (χ2v) is 8.74. The first-order valence-electron chi connectivity index (χ1n) is 10.6. The molecule has 1 aromatic rings. The van der Waals surface area contributed by atoms with Crippen molar-refractivity contribution >= 4 is 11.8 Å². The highest BCUT2D eigenvalue weighted by molar-refractivity contribution is 5.98. The maximum Gasteiger partial charge on any atom is 0.416 e. The molecule has 1 spiro atoms. The Kier molecular flexibility index (Phi) is 5.55. The minimum Gasteiger partial charge on any atom is -0.353 e. The van der Waals surface area contributed by atoms with E-state index in [4.69, 9.17) is 4.74 Å². The van der Waals surface area contributed by atoms with Gasteiger partial charge in [-0.05, 0) is 68.7 Å². The average Bonchev–Trinajstić information content (AvgIpc) is 3.38. The Morgan fingerprint density at radius 3 is 2.23 bits per heavy atom. The third-order valence-corrected chi connectivity index (χ3v) is 6.70. The molecule has 2 amide bonds. The third-order valence-electron chi connectivity index (χ3n) is 6.70. The van der Waals surface area contributed by atoms with Crippen molar-refractivity contribution < 1.29 is 27.5 Å². The van der Waals surface area contributed by atoms with Gasteiger partial charge in [0, 0.05) is 18.7 Å². The monoisotopic (exact) mass is 424 g/mol. The molecular formula is C22H27F3N2O3. The van der Waals surface area contributed by atoms with Gasteiger partial charge < -0.3 is 9.64 Å². The van der Waals surface area contributed by atoms with E-state index in [0.29, 0.717) is 31.8 Å². The summed E-state index contributed by atoms with van der Waals surface area (Å²) in [6, 6.07) is 3.49. The van der Waals surface area contributed by atoms with Crippen LogP contribution in [0.3, 0.4) is 0 Å². The van der Waals surface area contributed by atoms with Crippen molar-refractivity contribution in [3.63, 3.8) is 0 Å². The van der Waals surface area contributed by atoms with Crippen molar-refractivity contribution in [1.82, 2.24) is 9.80 Å². The summed E-state index contributed by atoms with van der Waals surface area (Å²) in [6.45, 7) is 3.62. The molecule has 1 saturated carbocycles. The van der Waals surface area contributed by atoms with Crippen LogP contribution in [0.15, 0.2) is 24.3 Å². The van der Waals surface area contributed by atoms with E-state index < -0.39 is 29.4 Å². The van der Waals surface area contributed by atoms with Crippen LogP contribution in [-0.2, 0) is 15.7 Å². The Bertz CT molecular complexity index is 795. The highest BCUT2D eigenvalue weighted by Crippen LogP contribution is 2.43. The van der Waals surface area contributed by atoms with Gasteiger partial charge in [-0.1, -0.05) is 6.92 Å². The van der Waals surface area contributed by atoms with Crippen LogP contribution in [-0.4, -0.2) is 53.1 Å². The quantitative estimate of drug-likeness (QED) is 0.719. The van der Waals surface area contributed by atoms with Gasteiger partial charge in [0.15, 0.2) is 0 Å². The number of carbonyl (C=O) groups is 2. The SMILES string of the molecule is CC1CCC2(CC1)OC[C@H](C(=O)N1CCCC1)N2C(=O)c1ccc(C(F)(F)F)cc1. The van der Waals surface area contributed by atoms with E-state index in [9.17, 15) is 22.8 Å². The van der Waals surface area contributed by atoms with Crippen molar-refractivity contribution in [3.05, 3.63) is 35.4 Å². The minimum atomic E-state index is -4.46. The van der Waals surface area contributed by atoms with Crippen molar-refractivity contribution in [1.29, 1.82) is 0 Å². The first-order chi connectivity index (χ1) is 14.2. The van der Waals surface area contributed by atoms with Crippen molar-refractivity contribution in [2.24, 2.45) is 5.92 Å². The van der Waals surface area contributed by atoms with Crippen LogP contribution in [0.4, 0.5) is 13.2 Å². The molecule has 4 rings (SSSR count). The Hall–Kier alpha value is -2.09. The fraction of sp³-hybridized carbons (Fsp3) is 0.636. The van der Waals surface area contributed by atoms with Gasteiger partial charge in [-0.25, -0.2) is 0 Å². The number of alkyl halides is 3. The lowest BCUT2D eigenvalue weighted by Crippen LogP contribution is -2.57.